The molecule has 4 rings (SSSR count). The van der Waals surface area contributed by atoms with Crippen molar-refractivity contribution in [3.63, 3.8) is 0 Å². The highest BCUT2D eigenvalue weighted by molar-refractivity contribution is 5.49. The van der Waals surface area contributed by atoms with Crippen molar-refractivity contribution in [3.8, 4) is 0 Å². The SMILES string of the molecule is Cc1nc(CN2C[C@@H]3C[C@H]2CN3c2ccccc2)n[nH]1. The lowest BCUT2D eigenvalue weighted by Crippen LogP contribution is -2.46. The van der Waals surface area contributed by atoms with Gasteiger partial charge in [-0.3, -0.25) is 10.00 Å². The molecular weight excluding hydrogens is 250 g/mol. The molecule has 1 aromatic carbocycles. The van der Waals surface area contributed by atoms with Crippen LogP contribution in [0.25, 0.3) is 0 Å². The molecule has 2 fully saturated rings. The average Bonchev–Trinajstić information content (AvgIpc) is 3.16. The summed E-state index contributed by atoms with van der Waals surface area (Å²) in [6.07, 6.45) is 1.26. The van der Waals surface area contributed by atoms with Crippen molar-refractivity contribution >= 4 is 5.69 Å². The number of rotatable bonds is 3. The van der Waals surface area contributed by atoms with Gasteiger partial charge < -0.3 is 4.90 Å². The van der Waals surface area contributed by atoms with Crippen LogP contribution in [0.3, 0.4) is 0 Å². The fraction of sp³-hybridized carbons (Fsp3) is 0.467. The summed E-state index contributed by atoms with van der Waals surface area (Å²) in [6, 6.07) is 12.0. The van der Waals surface area contributed by atoms with Crippen molar-refractivity contribution in [3.05, 3.63) is 42.0 Å². The van der Waals surface area contributed by atoms with E-state index in [9.17, 15) is 0 Å². The Morgan fingerprint density at radius 1 is 1.20 bits per heavy atom. The number of hydrogen-bond acceptors (Lipinski definition) is 4. The molecule has 0 amide bonds. The van der Waals surface area contributed by atoms with Crippen molar-refractivity contribution in [1.29, 1.82) is 0 Å². The highest BCUT2D eigenvalue weighted by atomic mass is 15.4. The molecule has 2 aliphatic heterocycles. The number of nitrogens with zero attached hydrogens (tertiary/aromatic N) is 4. The van der Waals surface area contributed by atoms with E-state index in [1.54, 1.807) is 0 Å². The van der Waals surface area contributed by atoms with Crippen LogP contribution in [0.15, 0.2) is 30.3 Å². The Balaban J connectivity index is 1.45. The zero-order valence-electron chi connectivity index (χ0n) is 11.7. The number of aromatic amines is 1. The van der Waals surface area contributed by atoms with Crippen LogP contribution >= 0.6 is 0 Å². The molecule has 2 aliphatic rings. The summed E-state index contributed by atoms with van der Waals surface area (Å²) in [5.74, 6) is 1.82. The van der Waals surface area contributed by atoms with Crippen LogP contribution in [0.5, 0.6) is 0 Å². The number of fused-ring (bicyclic) bond motifs is 2. The van der Waals surface area contributed by atoms with Gasteiger partial charge in [-0.15, -0.1) is 0 Å². The Hall–Kier alpha value is -1.88. The summed E-state index contributed by atoms with van der Waals surface area (Å²) in [4.78, 5) is 9.48. The number of anilines is 1. The Bertz CT molecular complexity index is 593. The van der Waals surface area contributed by atoms with Crippen LogP contribution in [-0.2, 0) is 6.54 Å². The lowest BCUT2D eigenvalue weighted by molar-refractivity contribution is 0.225. The van der Waals surface area contributed by atoms with E-state index < -0.39 is 0 Å². The molecule has 2 bridgehead atoms. The van der Waals surface area contributed by atoms with Gasteiger partial charge in [-0.25, -0.2) is 4.98 Å². The quantitative estimate of drug-likeness (QED) is 0.919. The highest BCUT2D eigenvalue weighted by Crippen LogP contribution is 2.34. The number of aryl methyl sites for hydroxylation is 1. The number of nitrogens with one attached hydrogen (secondary N) is 1. The first-order chi connectivity index (χ1) is 9.79. The van der Waals surface area contributed by atoms with Gasteiger partial charge in [0, 0.05) is 30.9 Å². The molecular formula is C15H19N5. The predicted molar refractivity (Wildman–Crippen MR) is 77.5 cm³/mol. The number of hydrogen-bond donors (Lipinski definition) is 1. The third-order valence-corrected chi connectivity index (χ3v) is 4.43. The first-order valence-electron chi connectivity index (χ1n) is 7.23. The molecule has 0 aliphatic carbocycles. The van der Waals surface area contributed by atoms with Gasteiger partial charge in [0.05, 0.1) is 6.54 Å². The second kappa shape index (κ2) is 4.59. The number of likely N-dealkylation sites (tertiary alicyclic amines) is 1. The fourth-order valence-electron chi connectivity index (χ4n) is 3.52. The summed E-state index contributed by atoms with van der Waals surface area (Å²) >= 11 is 0. The minimum absolute atomic E-state index is 0.638. The van der Waals surface area contributed by atoms with E-state index in [0.29, 0.717) is 12.1 Å². The second-order valence-corrected chi connectivity index (χ2v) is 5.80. The molecule has 0 unspecified atom stereocenters. The van der Waals surface area contributed by atoms with Gasteiger partial charge in [0.15, 0.2) is 5.82 Å². The minimum atomic E-state index is 0.638. The zero-order chi connectivity index (χ0) is 13.5. The third-order valence-electron chi connectivity index (χ3n) is 4.43. The number of para-hydroxylation sites is 1. The van der Waals surface area contributed by atoms with E-state index in [2.05, 4.69) is 55.3 Å². The summed E-state index contributed by atoms with van der Waals surface area (Å²) in [5.41, 5.74) is 1.35. The Kier molecular flexibility index (Phi) is 2.73. The van der Waals surface area contributed by atoms with Crippen LogP contribution in [0.1, 0.15) is 18.1 Å². The predicted octanol–water partition coefficient (Wildman–Crippen LogP) is 1.58. The third kappa shape index (κ3) is 1.98. The monoisotopic (exact) mass is 269 g/mol. The number of piperazine rings is 1. The van der Waals surface area contributed by atoms with E-state index in [1.165, 1.54) is 12.1 Å². The molecule has 20 heavy (non-hydrogen) atoms. The molecule has 3 heterocycles. The van der Waals surface area contributed by atoms with Crippen LogP contribution in [0.2, 0.25) is 0 Å². The van der Waals surface area contributed by atoms with Crippen LogP contribution in [0, 0.1) is 6.92 Å². The maximum atomic E-state index is 4.41. The molecule has 0 radical (unpaired) electrons. The molecule has 2 atom stereocenters. The molecule has 5 heteroatoms. The highest BCUT2D eigenvalue weighted by Gasteiger charge is 2.43. The molecule has 104 valence electrons. The van der Waals surface area contributed by atoms with Gasteiger partial charge in [0.1, 0.15) is 5.82 Å². The smallest absolute Gasteiger partial charge is 0.164 e. The first kappa shape index (κ1) is 11.9. The van der Waals surface area contributed by atoms with E-state index in [1.807, 2.05) is 6.92 Å². The maximum absolute atomic E-state index is 4.41. The van der Waals surface area contributed by atoms with E-state index >= 15 is 0 Å². The van der Waals surface area contributed by atoms with Gasteiger partial charge in [-0.2, -0.15) is 5.10 Å². The Labute approximate surface area is 118 Å². The van der Waals surface area contributed by atoms with Crippen molar-refractivity contribution < 1.29 is 0 Å². The second-order valence-electron chi connectivity index (χ2n) is 5.80. The molecule has 5 nitrogen and oxygen atoms in total. The van der Waals surface area contributed by atoms with Crippen molar-refractivity contribution in [1.82, 2.24) is 20.1 Å². The minimum Gasteiger partial charge on any atom is -0.366 e. The zero-order valence-corrected chi connectivity index (χ0v) is 11.7. The van der Waals surface area contributed by atoms with Crippen LogP contribution in [0.4, 0.5) is 5.69 Å². The van der Waals surface area contributed by atoms with E-state index in [4.69, 9.17) is 0 Å². The van der Waals surface area contributed by atoms with Crippen molar-refractivity contribution in [2.24, 2.45) is 0 Å². The van der Waals surface area contributed by atoms with Crippen LogP contribution < -0.4 is 4.90 Å². The van der Waals surface area contributed by atoms with Gasteiger partial charge in [0.2, 0.25) is 0 Å². The standard InChI is InChI=1S/C15H19N5/c1-11-16-15(18-17-11)10-19-8-14-7-13(19)9-20(14)12-5-3-2-4-6-12/h2-6,13-14H,7-10H2,1H3,(H,16,17,18)/t13-,14-/m0/s1. The van der Waals surface area contributed by atoms with Gasteiger partial charge in [-0.05, 0) is 25.5 Å². The fourth-order valence-corrected chi connectivity index (χ4v) is 3.52. The molecule has 0 spiro atoms. The van der Waals surface area contributed by atoms with Crippen molar-refractivity contribution in [2.45, 2.75) is 32.0 Å². The normalized spacial score (nSPS) is 25.6. The molecule has 1 N–H and O–H groups in total. The lowest BCUT2D eigenvalue weighted by atomic mass is 10.2. The number of benzene rings is 1. The Morgan fingerprint density at radius 2 is 2.05 bits per heavy atom. The van der Waals surface area contributed by atoms with Crippen LogP contribution in [-0.4, -0.2) is 45.3 Å². The largest absolute Gasteiger partial charge is 0.366 e. The summed E-state index contributed by atoms with van der Waals surface area (Å²) in [5, 5.41) is 7.17. The topological polar surface area (TPSA) is 48.1 Å². The number of H-pyrrole nitrogens is 1. The van der Waals surface area contributed by atoms with Gasteiger partial charge in [-0.1, -0.05) is 18.2 Å². The average molecular weight is 269 g/mol. The summed E-state index contributed by atoms with van der Waals surface area (Å²) < 4.78 is 0. The van der Waals surface area contributed by atoms with Gasteiger partial charge in [0.25, 0.3) is 0 Å². The summed E-state index contributed by atoms with van der Waals surface area (Å²) in [7, 11) is 0. The first-order valence-corrected chi connectivity index (χ1v) is 7.23. The van der Waals surface area contributed by atoms with E-state index in [0.717, 1.165) is 31.3 Å². The maximum Gasteiger partial charge on any atom is 0.164 e. The molecule has 1 aromatic heterocycles. The van der Waals surface area contributed by atoms with Crippen molar-refractivity contribution in [2.75, 3.05) is 18.0 Å². The molecule has 2 aromatic rings. The summed E-state index contributed by atoms with van der Waals surface area (Å²) in [6.45, 7) is 5.06. The van der Waals surface area contributed by atoms with Gasteiger partial charge >= 0.3 is 0 Å². The molecule has 0 saturated carbocycles. The Morgan fingerprint density at radius 3 is 2.70 bits per heavy atom. The lowest BCUT2D eigenvalue weighted by Gasteiger charge is -2.35. The van der Waals surface area contributed by atoms with E-state index in [-0.39, 0.29) is 0 Å². The number of aromatic nitrogens is 3. The molecule has 2 saturated heterocycles.